The molecule has 2 N–H and O–H groups in total. The monoisotopic (exact) mass is 409 g/mol. The van der Waals surface area contributed by atoms with E-state index in [2.05, 4.69) is 10.3 Å². The Balaban J connectivity index is 1.60. The lowest BCUT2D eigenvalue weighted by molar-refractivity contribution is -0.115. The minimum absolute atomic E-state index is 0.104. The highest BCUT2D eigenvalue weighted by molar-refractivity contribution is 7.15. The Morgan fingerprint density at radius 1 is 1.21 bits per heavy atom. The van der Waals surface area contributed by atoms with Gasteiger partial charge in [0.25, 0.3) is 0 Å². The maximum Gasteiger partial charge on any atom is 0.230 e. The second kappa shape index (κ2) is 7.84. The first-order valence-electron chi connectivity index (χ1n) is 8.84. The van der Waals surface area contributed by atoms with Crippen LogP contribution in [0.25, 0.3) is 16.2 Å². The molecule has 0 saturated heterocycles. The number of carbonyl (C=O) groups is 1. The number of fused-ring (bicyclic) bond motifs is 1. The lowest BCUT2D eigenvalue weighted by Gasteiger charge is -2.08. The van der Waals surface area contributed by atoms with Crippen LogP contribution in [0.5, 0.6) is 17.2 Å². The molecule has 0 atom stereocenters. The smallest absolute Gasteiger partial charge is 0.230 e. The van der Waals surface area contributed by atoms with Crippen LogP contribution in [0.1, 0.15) is 5.69 Å². The van der Waals surface area contributed by atoms with Gasteiger partial charge in [-0.25, -0.2) is 4.98 Å². The Morgan fingerprint density at radius 3 is 2.83 bits per heavy atom. The fourth-order valence-electron chi connectivity index (χ4n) is 3.05. The molecule has 148 valence electrons. The first-order chi connectivity index (χ1) is 14.1. The minimum atomic E-state index is -0.176. The second-order valence-electron chi connectivity index (χ2n) is 6.35. The van der Waals surface area contributed by atoms with Crippen molar-refractivity contribution < 1.29 is 19.4 Å². The summed E-state index contributed by atoms with van der Waals surface area (Å²) in [6.45, 7) is 0. The maximum absolute atomic E-state index is 12.4. The van der Waals surface area contributed by atoms with Crippen molar-refractivity contribution in [3.63, 3.8) is 0 Å². The van der Waals surface area contributed by atoms with Crippen LogP contribution in [0.3, 0.4) is 0 Å². The molecule has 0 fully saturated rings. The zero-order chi connectivity index (χ0) is 20.4. The highest BCUT2D eigenvalue weighted by Gasteiger charge is 2.16. The molecule has 8 heteroatoms. The van der Waals surface area contributed by atoms with Crippen molar-refractivity contribution in [3.05, 3.63) is 59.7 Å². The van der Waals surface area contributed by atoms with Gasteiger partial charge in [0.15, 0.2) is 4.96 Å². The molecule has 0 aliphatic rings. The number of phenols is 1. The summed E-state index contributed by atoms with van der Waals surface area (Å²) in [5, 5.41) is 14.2. The highest BCUT2D eigenvalue weighted by atomic mass is 32.1. The number of ether oxygens (including phenoxy) is 2. The third kappa shape index (κ3) is 3.88. The minimum Gasteiger partial charge on any atom is -0.508 e. The summed E-state index contributed by atoms with van der Waals surface area (Å²) in [7, 11) is 3.22. The van der Waals surface area contributed by atoms with E-state index in [-0.39, 0.29) is 18.1 Å². The first-order valence-corrected chi connectivity index (χ1v) is 9.72. The van der Waals surface area contributed by atoms with Gasteiger partial charge in [0.2, 0.25) is 5.91 Å². The number of nitrogens with zero attached hydrogens (tertiary/aromatic N) is 2. The Morgan fingerprint density at radius 2 is 2.07 bits per heavy atom. The Hall–Kier alpha value is -3.52. The normalized spacial score (nSPS) is 10.8. The summed E-state index contributed by atoms with van der Waals surface area (Å²) in [5.41, 5.74) is 2.93. The van der Waals surface area contributed by atoms with Crippen LogP contribution >= 0.6 is 11.3 Å². The van der Waals surface area contributed by atoms with E-state index in [1.807, 2.05) is 34.2 Å². The number of phenolic OH excluding ortho intramolecular Hbond substituents is 1. The zero-order valence-corrected chi connectivity index (χ0v) is 16.7. The predicted octanol–water partition coefficient (Wildman–Crippen LogP) is 3.97. The van der Waals surface area contributed by atoms with E-state index < -0.39 is 0 Å². The molecule has 2 heterocycles. The zero-order valence-electron chi connectivity index (χ0n) is 15.9. The second-order valence-corrected chi connectivity index (χ2v) is 7.18. The summed E-state index contributed by atoms with van der Waals surface area (Å²) >= 11 is 1.46. The van der Waals surface area contributed by atoms with Gasteiger partial charge in [-0.05, 0) is 30.3 Å². The van der Waals surface area contributed by atoms with Gasteiger partial charge in [0.05, 0.1) is 26.3 Å². The van der Waals surface area contributed by atoms with E-state index in [0.717, 1.165) is 21.9 Å². The molecule has 2 aromatic heterocycles. The molecule has 0 bridgehead atoms. The molecule has 4 aromatic rings. The van der Waals surface area contributed by atoms with E-state index >= 15 is 0 Å². The average Bonchev–Trinajstić information content (AvgIpc) is 3.29. The molecule has 0 spiro atoms. The van der Waals surface area contributed by atoms with Crippen LogP contribution < -0.4 is 14.8 Å². The largest absolute Gasteiger partial charge is 0.508 e. The van der Waals surface area contributed by atoms with Crippen LogP contribution in [-0.4, -0.2) is 34.6 Å². The topological polar surface area (TPSA) is 85.1 Å². The Labute approximate surface area is 171 Å². The van der Waals surface area contributed by atoms with Crippen molar-refractivity contribution in [1.82, 2.24) is 9.38 Å². The number of hydrogen-bond acceptors (Lipinski definition) is 6. The third-order valence-electron chi connectivity index (χ3n) is 4.44. The van der Waals surface area contributed by atoms with Gasteiger partial charge in [-0.3, -0.25) is 9.20 Å². The molecule has 0 unspecified atom stereocenters. The van der Waals surface area contributed by atoms with Crippen LogP contribution in [0, 0.1) is 0 Å². The summed E-state index contributed by atoms with van der Waals surface area (Å²) < 4.78 is 12.7. The molecule has 0 aliphatic heterocycles. The van der Waals surface area contributed by atoms with Gasteiger partial charge in [-0.15, -0.1) is 11.3 Å². The standard InChI is InChI=1S/C21H19N3O4S/c1-27-16-6-7-19(28-2)17(10-16)18-11-24-14(12-29-21(24)23-18)9-20(26)22-13-4-3-5-15(25)8-13/h3-8,10-12,25H,9H2,1-2H3,(H,22,26). The number of rotatable bonds is 6. The number of carbonyl (C=O) groups excluding carboxylic acids is 1. The lowest BCUT2D eigenvalue weighted by atomic mass is 10.1. The maximum atomic E-state index is 12.4. The molecule has 2 aromatic carbocycles. The lowest BCUT2D eigenvalue weighted by Crippen LogP contribution is -2.15. The number of amides is 1. The summed E-state index contributed by atoms with van der Waals surface area (Å²) in [6.07, 6.45) is 2.07. The number of benzene rings is 2. The number of methoxy groups -OCH3 is 2. The van der Waals surface area contributed by atoms with Crippen LogP contribution in [0.4, 0.5) is 5.69 Å². The van der Waals surface area contributed by atoms with Crippen LogP contribution in [-0.2, 0) is 11.2 Å². The third-order valence-corrected chi connectivity index (χ3v) is 5.33. The average molecular weight is 409 g/mol. The van der Waals surface area contributed by atoms with Crippen molar-refractivity contribution in [3.8, 4) is 28.5 Å². The van der Waals surface area contributed by atoms with Crippen molar-refractivity contribution >= 4 is 27.9 Å². The quantitative estimate of drug-likeness (QED) is 0.503. The van der Waals surface area contributed by atoms with Gasteiger partial charge < -0.3 is 19.9 Å². The molecule has 4 rings (SSSR count). The van der Waals surface area contributed by atoms with Crippen molar-refractivity contribution in [2.75, 3.05) is 19.5 Å². The molecule has 29 heavy (non-hydrogen) atoms. The number of hydrogen-bond donors (Lipinski definition) is 2. The fourth-order valence-corrected chi connectivity index (χ4v) is 3.93. The number of anilines is 1. The van der Waals surface area contributed by atoms with Gasteiger partial charge >= 0.3 is 0 Å². The van der Waals surface area contributed by atoms with E-state index in [9.17, 15) is 9.90 Å². The van der Waals surface area contributed by atoms with E-state index in [1.165, 1.54) is 17.4 Å². The van der Waals surface area contributed by atoms with Gasteiger partial charge in [-0.1, -0.05) is 6.07 Å². The number of thiazole rings is 1. The first kappa shape index (κ1) is 18.8. The molecule has 0 saturated carbocycles. The summed E-state index contributed by atoms with van der Waals surface area (Å²) in [6, 6.07) is 12.0. The Kier molecular flexibility index (Phi) is 5.09. The Bertz CT molecular complexity index is 1180. The molecule has 0 aliphatic carbocycles. The SMILES string of the molecule is COc1ccc(OC)c(-c2cn3c(CC(=O)Nc4cccc(O)c4)csc3n2)c1. The van der Waals surface area contributed by atoms with Crippen LogP contribution in [0.2, 0.25) is 0 Å². The van der Waals surface area contributed by atoms with Crippen LogP contribution in [0.15, 0.2) is 54.0 Å². The van der Waals surface area contributed by atoms with E-state index in [4.69, 9.17) is 9.47 Å². The molecular weight excluding hydrogens is 390 g/mol. The van der Waals surface area contributed by atoms with Gasteiger partial charge in [-0.2, -0.15) is 0 Å². The molecule has 7 nitrogen and oxygen atoms in total. The predicted molar refractivity (Wildman–Crippen MR) is 112 cm³/mol. The van der Waals surface area contributed by atoms with Gasteiger partial charge in [0, 0.05) is 34.6 Å². The van der Waals surface area contributed by atoms with E-state index in [0.29, 0.717) is 17.2 Å². The number of nitrogens with one attached hydrogen (secondary N) is 1. The van der Waals surface area contributed by atoms with E-state index in [1.54, 1.807) is 32.4 Å². The molecule has 1 amide bonds. The van der Waals surface area contributed by atoms with Crippen molar-refractivity contribution in [2.24, 2.45) is 0 Å². The van der Waals surface area contributed by atoms with Gasteiger partial charge in [0.1, 0.15) is 17.2 Å². The molecule has 0 radical (unpaired) electrons. The number of aromatic nitrogens is 2. The fraction of sp³-hybridized carbons (Fsp3) is 0.143. The van der Waals surface area contributed by atoms with Crippen molar-refractivity contribution in [1.29, 1.82) is 0 Å². The number of aromatic hydroxyl groups is 1. The number of imidazole rings is 1. The summed E-state index contributed by atoms with van der Waals surface area (Å²) in [5.74, 6) is 1.33. The summed E-state index contributed by atoms with van der Waals surface area (Å²) in [4.78, 5) is 17.9. The van der Waals surface area contributed by atoms with Crippen molar-refractivity contribution in [2.45, 2.75) is 6.42 Å². The molecular formula is C21H19N3O4S. The highest BCUT2D eigenvalue weighted by Crippen LogP contribution is 2.34.